The standard InChI is InChI=1S/C20H25ClN6S/c1-5-26-18(17(21)10-23-26)11-22-20(28)24-19-14(3)25-27(15(19)4)12-16-8-6-13(2)7-9-16/h6-10H,5,11-12H2,1-4H3,(H2,22,24,28). The summed E-state index contributed by atoms with van der Waals surface area (Å²) in [6.45, 7) is 10.1. The number of thiocarbonyl (C=S) groups is 1. The SMILES string of the molecule is CCn1ncc(Cl)c1CNC(=S)Nc1c(C)nn(Cc2ccc(C)cc2)c1C. The van der Waals surface area contributed by atoms with Crippen LogP contribution in [0, 0.1) is 20.8 Å². The molecule has 0 fully saturated rings. The number of benzene rings is 1. The van der Waals surface area contributed by atoms with Crippen molar-refractivity contribution in [3.63, 3.8) is 0 Å². The molecule has 0 aliphatic rings. The fourth-order valence-corrected chi connectivity index (χ4v) is 3.44. The maximum atomic E-state index is 6.21. The van der Waals surface area contributed by atoms with Gasteiger partial charge in [-0.3, -0.25) is 9.36 Å². The van der Waals surface area contributed by atoms with Gasteiger partial charge in [0, 0.05) is 6.54 Å². The minimum Gasteiger partial charge on any atom is -0.357 e. The number of anilines is 1. The van der Waals surface area contributed by atoms with Crippen LogP contribution in [0.5, 0.6) is 0 Å². The van der Waals surface area contributed by atoms with Crippen LogP contribution in [0.3, 0.4) is 0 Å². The number of aromatic nitrogens is 4. The third kappa shape index (κ3) is 4.54. The minimum absolute atomic E-state index is 0.508. The molecule has 0 atom stereocenters. The summed E-state index contributed by atoms with van der Waals surface area (Å²) in [5.74, 6) is 0. The van der Waals surface area contributed by atoms with Gasteiger partial charge in [-0.1, -0.05) is 41.4 Å². The lowest BCUT2D eigenvalue weighted by atomic mass is 10.1. The predicted octanol–water partition coefficient (Wildman–Crippen LogP) is 4.21. The Morgan fingerprint density at radius 3 is 2.54 bits per heavy atom. The van der Waals surface area contributed by atoms with E-state index in [2.05, 4.69) is 52.0 Å². The van der Waals surface area contributed by atoms with E-state index in [0.717, 1.165) is 35.9 Å². The lowest BCUT2D eigenvalue weighted by molar-refractivity contribution is 0.614. The van der Waals surface area contributed by atoms with Crippen LogP contribution in [0.2, 0.25) is 5.02 Å². The molecule has 3 rings (SSSR count). The zero-order chi connectivity index (χ0) is 20.3. The fraction of sp³-hybridized carbons (Fsp3) is 0.350. The van der Waals surface area contributed by atoms with Crippen molar-refractivity contribution < 1.29 is 0 Å². The van der Waals surface area contributed by atoms with Gasteiger partial charge in [-0.15, -0.1) is 0 Å². The van der Waals surface area contributed by atoms with E-state index in [-0.39, 0.29) is 0 Å². The summed E-state index contributed by atoms with van der Waals surface area (Å²) in [5.41, 5.74) is 6.26. The second-order valence-electron chi connectivity index (χ2n) is 6.75. The molecule has 2 N–H and O–H groups in total. The van der Waals surface area contributed by atoms with E-state index in [4.69, 9.17) is 23.8 Å². The highest BCUT2D eigenvalue weighted by Crippen LogP contribution is 2.21. The van der Waals surface area contributed by atoms with Gasteiger partial charge < -0.3 is 10.6 Å². The quantitative estimate of drug-likeness (QED) is 0.589. The van der Waals surface area contributed by atoms with Gasteiger partial charge in [-0.2, -0.15) is 10.2 Å². The first kappa shape index (κ1) is 20.4. The molecule has 2 heterocycles. The molecule has 28 heavy (non-hydrogen) atoms. The molecule has 3 aromatic rings. The molecule has 0 spiro atoms. The van der Waals surface area contributed by atoms with Crippen LogP contribution in [-0.2, 0) is 19.6 Å². The topological polar surface area (TPSA) is 59.7 Å². The van der Waals surface area contributed by atoms with Crippen molar-refractivity contribution in [3.05, 3.63) is 63.7 Å². The lowest BCUT2D eigenvalue weighted by Crippen LogP contribution is -2.29. The van der Waals surface area contributed by atoms with Crippen LogP contribution in [0.25, 0.3) is 0 Å². The summed E-state index contributed by atoms with van der Waals surface area (Å²) in [6, 6.07) is 8.49. The molecule has 2 aromatic heterocycles. The van der Waals surface area contributed by atoms with E-state index < -0.39 is 0 Å². The smallest absolute Gasteiger partial charge is 0.171 e. The molecular weight excluding hydrogens is 392 g/mol. The molecule has 0 saturated heterocycles. The van der Waals surface area contributed by atoms with E-state index in [1.54, 1.807) is 6.20 Å². The maximum absolute atomic E-state index is 6.21. The Hall–Kier alpha value is -2.38. The highest BCUT2D eigenvalue weighted by atomic mass is 35.5. The van der Waals surface area contributed by atoms with Crippen LogP contribution in [0.4, 0.5) is 5.69 Å². The first-order valence-electron chi connectivity index (χ1n) is 9.23. The van der Waals surface area contributed by atoms with Crippen LogP contribution >= 0.6 is 23.8 Å². The fourth-order valence-electron chi connectivity index (χ4n) is 3.06. The van der Waals surface area contributed by atoms with E-state index in [1.165, 1.54) is 11.1 Å². The van der Waals surface area contributed by atoms with E-state index in [1.807, 2.05) is 30.1 Å². The van der Waals surface area contributed by atoms with Gasteiger partial charge in [0.25, 0.3) is 0 Å². The zero-order valence-corrected chi connectivity index (χ0v) is 18.2. The Labute approximate surface area is 175 Å². The minimum atomic E-state index is 0.508. The Kier molecular flexibility index (Phi) is 6.36. The first-order chi connectivity index (χ1) is 13.4. The van der Waals surface area contributed by atoms with Crippen LogP contribution < -0.4 is 10.6 Å². The largest absolute Gasteiger partial charge is 0.357 e. The average Bonchev–Trinajstić information content (AvgIpc) is 3.16. The molecule has 0 radical (unpaired) electrons. The second-order valence-corrected chi connectivity index (χ2v) is 7.57. The van der Waals surface area contributed by atoms with Crippen molar-refractivity contribution >= 4 is 34.6 Å². The molecule has 0 bridgehead atoms. The highest BCUT2D eigenvalue weighted by molar-refractivity contribution is 7.80. The Morgan fingerprint density at radius 1 is 1.14 bits per heavy atom. The number of nitrogens with one attached hydrogen (secondary N) is 2. The van der Waals surface area contributed by atoms with Gasteiger partial charge in [-0.05, 0) is 45.5 Å². The normalized spacial score (nSPS) is 10.9. The number of hydrogen-bond donors (Lipinski definition) is 2. The predicted molar refractivity (Wildman–Crippen MR) is 118 cm³/mol. The van der Waals surface area contributed by atoms with Crippen molar-refractivity contribution in [2.24, 2.45) is 0 Å². The molecule has 8 heteroatoms. The third-order valence-electron chi connectivity index (χ3n) is 4.69. The van der Waals surface area contributed by atoms with Gasteiger partial charge in [0.1, 0.15) is 0 Å². The first-order valence-corrected chi connectivity index (χ1v) is 10.0. The number of nitrogens with zero attached hydrogens (tertiary/aromatic N) is 4. The molecule has 0 aliphatic carbocycles. The number of hydrogen-bond acceptors (Lipinski definition) is 3. The molecule has 6 nitrogen and oxygen atoms in total. The van der Waals surface area contributed by atoms with Crippen LogP contribution in [0.15, 0.2) is 30.5 Å². The van der Waals surface area contributed by atoms with Gasteiger partial charge in [0.05, 0.1) is 47.1 Å². The summed E-state index contributed by atoms with van der Waals surface area (Å²) in [4.78, 5) is 0. The summed E-state index contributed by atoms with van der Waals surface area (Å²) in [6.07, 6.45) is 1.65. The van der Waals surface area contributed by atoms with Gasteiger partial charge in [-0.25, -0.2) is 0 Å². The number of aryl methyl sites for hydroxylation is 3. The average molecular weight is 417 g/mol. The molecule has 0 unspecified atom stereocenters. The third-order valence-corrected chi connectivity index (χ3v) is 5.25. The van der Waals surface area contributed by atoms with Crippen molar-refractivity contribution in [1.82, 2.24) is 24.9 Å². The van der Waals surface area contributed by atoms with Crippen molar-refractivity contribution in [1.29, 1.82) is 0 Å². The second kappa shape index (κ2) is 8.75. The molecular formula is C20H25ClN6S. The maximum Gasteiger partial charge on any atom is 0.171 e. The summed E-state index contributed by atoms with van der Waals surface area (Å²) in [5, 5.41) is 16.6. The highest BCUT2D eigenvalue weighted by Gasteiger charge is 2.14. The molecule has 0 aliphatic heterocycles. The summed E-state index contributed by atoms with van der Waals surface area (Å²) < 4.78 is 3.85. The Bertz CT molecular complexity index is 973. The monoisotopic (exact) mass is 416 g/mol. The van der Waals surface area contributed by atoms with Crippen LogP contribution in [-0.4, -0.2) is 24.7 Å². The zero-order valence-electron chi connectivity index (χ0n) is 16.6. The van der Waals surface area contributed by atoms with Crippen molar-refractivity contribution in [3.8, 4) is 0 Å². The van der Waals surface area contributed by atoms with Crippen LogP contribution in [0.1, 0.15) is 35.1 Å². The van der Waals surface area contributed by atoms with E-state index in [9.17, 15) is 0 Å². The Morgan fingerprint density at radius 2 is 1.86 bits per heavy atom. The van der Waals surface area contributed by atoms with Crippen molar-refractivity contribution in [2.75, 3.05) is 5.32 Å². The van der Waals surface area contributed by atoms with E-state index in [0.29, 0.717) is 16.7 Å². The number of rotatable bonds is 6. The molecule has 1 aromatic carbocycles. The van der Waals surface area contributed by atoms with E-state index >= 15 is 0 Å². The van der Waals surface area contributed by atoms with Crippen molar-refractivity contribution in [2.45, 2.75) is 47.3 Å². The molecule has 0 saturated carbocycles. The molecule has 0 amide bonds. The van der Waals surface area contributed by atoms with Gasteiger partial charge in [0.2, 0.25) is 0 Å². The summed E-state index contributed by atoms with van der Waals surface area (Å²) in [7, 11) is 0. The van der Waals surface area contributed by atoms with Gasteiger partial charge in [0.15, 0.2) is 5.11 Å². The number of halogens is 1. The summed E-state index contributed by atoms with van der Waals surface area (Å²) >= 11 is 11.7. The lowest BCUT2D eigenvalue weighted by Gasteiger charge is -2.12. The Balaban J connectivity index is 1.66. The molecule has 148 valence electrons. The van der Waals surface area contributed by atoms with Gasteiger partial charge >= 0.3 is 0 Å².